The molecule has 1 aliphatic heterocycles. The van der Waals surface area contributed by atoms with Crippen LogP contribution in [0.5, 0.6) is 0 Å². The number of carbonyl (C=O) groups excluding carboxylic acids is 1. The molecule has 0 aromatic carbocycles. The number of hydrogen-bond acceptors (Lipinski definition) is 8. The quantitative estimate of drug-likeness (QED) is 0.402. The molecule has 1 fully saturated rings. The lowest BCUT2D eigenvalue weighted by Gasteiger charge is -2.13. The summed E-state index contributed by atoms with van der Waals surface area (Å²) >= 11 is 0. The zero-order valence-electron chi connectivity index (χ0n) is 18.5. The Hall–Kier alpha value is -3.32. The normalized spacial score (nSPS) is 16.2. The fourth-order valence-corrected chi connectivity index (χ4v) is 3.67. The molecule has 0 radical (unpaired) electrons. The maximum absolute atomic E-state index is 12.6. The number of nitrogens with one attached hydrogen (secondary N) is 3. The molecule has 1 saturated heterocycles. The van der Waals surface area contributed by atoms with E-state index in [0.29, 0.717) is 41.3 Å². The van der Waals surface area contributed by atoms with E-state index in [0.717, 1.165) is 13.0 Å². The van der Waals surface area contributed by atoms with Crippen LogP contribution in [0, 0.1) is 5.92 Å². The standard InChI is InChI=1S/C21H25F3N8O2/c1-2-14-16-17(32(31-14)9-10-34-12-21(22,23)24)18(27-15-5-3-4-7-26-15)29-20(28-16)30-19(33)13-6-8-25-11-13/h3-5,7,13,25H,2,6,8-12H2,1H3,(H2,26,27,28,29,30,33)/t13-/m0/s1. The van der Waals surface area contributed by atoms with E-state index in [2.05, 4.69) is 36.0 Å². The number of alkyl halides is 3. The van der Waals surface area contributed by atoms with Gasteiger partial charge in [-0.1, -0.05) is 13.0 Å². The molecule has 0 aliphatic carbocycles. The van der Waals surface area contributed by atoms with Gasteiger partial charge in [0.25, 0.3) is 0 Å². The molecule has 0 unspecified atom stereocenters. The first-order valence-corrected chi connectivity index (χ1v) is 11.0. The number of fused-ring (bicyclic) bond motifs is 1. The average Bonchev–Trinajstić information content (AvgIpc) is 3.45. The van der Waals surface area contributed by atoms with Crippen LogP contribution in [0.1, 0.15) is 19.0 Å². The molecule has 1 amide bonds. The topological polar surface area (TPSA) is 119 Å². The number of rotatable bonds is 9. The van der Waals surface area contributed by atoms with E-state index in [4.69, 9.17) is 4.74 Å². The van der Waals surface area contributed by atoms with E-state index in [1.165, 1.54) is 4.68 Å². The van der Waals surface area contributed by atoms with Crippen LogP contribution in [0.4, 0.5) is 30.8 Å². The van der Waals surface area contributed by atoms with Crippen molar-refractivity contribution in [1.29, 1.82) is 0 Å². The summed E-state index contributed by atoms with van der Waals surface area (Å²) in [6.07, 6.45) is -1.55. The van der Waals surface area contributed by atoms with Crippen LogP contribution in [-0.2, 0) is 22.5 Å². The first-order valence-electron chi connectivity index (χ1n) is 11.0. The van der Waals surface area contributed by atoms with Crippen LogP contribution in [0.25, 0.3) is 11.0 Å². The van der Waals surface area contributed by atoms with Gasteiger partial charge in [0, 0.05) is 12.7 Å². The first kappa shape index (κ1) is 23.8. The molecule has 3 aromatic heterocycles. The third kappa shape index (κ3) is 5.78. The number of hydrogen-bond donors (Lipinski definition) is 3. The molecule has 3 N–H and O–H groups in total. The summed E-state index contributed by atoms with van der Waals surface area (Å²) in [7, 11) is 0. The molecule has 13 heteroatoms. The molecule has 0 saturated carbocycles. The smallest absolute Gasteiger partial charge is 0.370 e. The van der Waals surface area contributed by atoms with Gasteiger partial charge in [0.05, 0.1) is 24.8 Å². The minimum atomic E-state index is -4.41. The average molecular weight is 478 g/mol. The van der Waals surface area contributed by atoms with E-state index < -0.39 is 12.8 Å². The van der Waals surface area contributed by atoms with Gasteiger partial charge in [0.1, 0.15) is 23.5 Å². The maximum atomic E-state index is 12.6. The van der Waals surface area contributed by atoms with Crippen LogP contribution < -0.4 is 16.0 Å². The highest BCUT2D eigenvalue weighted by Gasteiger charge is 2.28. The Balaban J connectivity index is 1.67. The van der Waals surface area contributed by atoms with Gasteiger partial charge in [-0.05, 0) is 31.5 Å². The van der Waals surface area contributed by atoms with E-state index in [1.54, 1.807) is 24.4 Å². The van der Waals surface area contributed by atoms with Gasteiger partial charge in [0.2, 0.25) is 11.9 Å². The van der Waals surface area contributed by atoms with Crippen LogP contribution in [0.3, 0.4) is 0 Å². The van der Waals surface area contributed by atoms with Crippen molar-refractivity contribution in [2.45, 2.75) is 32.5 Å². The third-order valence-electron chi connectivity index (χ3n) is 5.28. The van der Waals surface area contributed by atoms with Crippen LogP contribution >= 0.6 is 0 Å². The Morgan fingerprint density at radius 3 is 2.85 bits per heavy atom. The highest BCUT2D eigenvalue weighted by molar-refractivity contribution is 5.95. The van der Waals surface area contributed by atoms with Gasteiger partial charge in [-0.3, -0.25) is 14.8 Å². The number of aryl methyl sites for hydroxylation is 1. The molecule has 1 atom stereocenters. The van der Waals surface area contributed by atoms with Crippen molar-refractivity contribution in [3.63, 3.8) is 0 Å². The third-order valence-corrected chi connectivity index (χ3v) is 5.28. The van der Waals surface area contributed by atoms with Gasteiger partial charge in [-0.15, -0.1) is 0 Å². The van der Waals surface area contributed by atoms with Crippen molar-refractivity contribution < 1.29 is 22.7 Å². The van der Waals surface area contributed by atoms with Gasteiger partial charge in [0.15, 0.2) is 5.82 Å². The number of nitrogens with zero attached hydrogens (tertiary/aromatic N) is 5. The summed E-state index contributed by atoms with van der Waals surface area (Å²) in [5, 5.41) is 13.6. The second-order valence-corrected chi connectivity index (χ2v) is 7.80. The number of aromatic nitrogens is 5. The number of pyridine rings is 1. The van der Waals surface area contributed by atoms with Crippen molar-refractivity contribution in [3.05, 3.63) is 30.1 Å². The maximum Gasteiger partial charge on any atom is 0.411 e. The van der Waals surface area contributed by atoms with E-state index in [-0.39, 0.29) is 30.9 Å². The molecule has 0 spiro atoms. The molecule has 10 nitrogen and oxygen atoms in total. The lowest BCUT2D eigenvalue weighted by Crippen LogP contribution is -2.25. The summed E-state index contributed by atoms with van der Waals surface area (Å²) < 4.78 is 43.6. The Morgan fingerprint density at radius 2 is 2.18 bits per heavy atom. The molecule has 34 heavy (non-hydrogen) atoms. The minimum Gasteiger partial charge on any atom is -0.370 e. The molecule has 3 aromatic rings. The summed E-state index contributed by atoms with van der Waals surface area (Å²) in [6.45, 7) is 1.77. The van der Waals surface area contributed by atoms with Crippen LogP contribution in [0.2, 0.25) is 0 Å². The predicted molar refractivity (Wildman–Crippen MR) is 119 cm³/mol. The number of carbonyl (C=O) groups is 1. The van der Waals surface area contributed by atoms with Crippen molar-refractivity contribution in [3.8, 4) is 0 Å². The van der Waals surface area contributed by atoms with Gasteiger partial charge >= 0.3 is 6.18 Å². The lowest BCUT2D eigenvalue weighted by atomic mass is 10.1. The van der Waals surface area contributed by atoms with Gasteiger partial charge < -0.3 is 15.4 Å². The van der Waals surface area contributed by atoms with Gasteiger partial charge in [-0.2, -0.15) is 23.3 Å². The Morgan fingerprint density at radius 1 is 1.32 bits per heavy atom. The Kier molecular flexibility index (Phi) is 7.22. The number of amides is 1. The zero-order chi connectivity index (χ0) is 24.1. The Labute approximate surface area is 193 Å². The van der Waals surface area contributed by atoms with Crippen molar-refractivity contribution >= 4 is 34.5 Å². The summed E-state index contributed by atoms with van der Waals surface area (Å²) in [5.41, 5.74) is 1.60. The molecular weight excluding hydrogens is 453 g/mol. The second kappa shape index (κ2) is 10.3. The van der Waals surface area contributed by atoms with Crippen molar-refractivity contribution in [2.24, 2.45) is 5.92 Å². The number of halogens is 3. The molecule has 1 aliphatic rings. The molecular formula is C21H25F3N8O2. The monoisotopic (exact) mass is 478 g/mol. The van der Waals surface area contributed by atoms with Crippen LogP contribution in [-0.4, -0.2) is 63.1 Å². The predicted octanol–water partition coefficient (Wildman–Crippen LogP) is 2.65. The molecule has 182 valence electrons. The fraction of sp³-hybridized carbons (Fsp3) is 0.476. The van der Waals surface area contributed by atoms with E-state index in [1.807, 2.05) is 6.92 Å². The largest absolute Gasteiger partial charge is 0.411 e. The summed E-state index contributed by atoms with van der Waals surface area (Å²) in [5.74, 6) is 0.584. The van der Waals surface area contributed by atoms with E-state index >= 15 is 0 Å². The number of anilines is 3. The second-order valence-electron chi connectivity index (χ2n) is 7.80. The highest BCUT2D eigenvalue weighted by Crippen LogP contribution is 2.28. The summed E-state index contributed by atoms with van der Waals surface area (Å²) in [4.78, 5) is 25.9. The van der Waals surface area contributed by atoms with Crippen molar-refractivity contribution in [2.75, 3.05) is 36.9 Å². The summed E-state index contributed by atoms with van der Waals surface area (Å²) in [6, 6.07) is 5.30. The molecule has 4 heterocycles. The first-order chi connectivity index (χ1) is 16.3. The van der Waals surface area contributed by atoms with E-state index in [9.17, 15) is 18.0 Å². The molecule has 4 rings (SSSR count). The van der Waals surface area contributed by atoms with Crippen LogP contribution in [0.15, 0.2) is 24.4 Å². The number of ether oxygens (including phenoxy) is 1. The Bertz CT molecular complexity index is 1130. The highest BCUT2D eigenvalue weighted by atomic mass is 19.4. The fourth-order valence-electron chi connectivity index (χ4n) is 3.67. The molecule has 0 bridgehead atoms. The van der Waals surface area contributed by atoms with Crippen molar-refractivity contribution in [1.82, 2.24) is 30.0 Å². The SMILES string of the molecule is CCc1nn(CCOCC(F)(F)F)c2c(Nc3ccccn3)nc(NC(=O)[C@H]3CCNC3)nc12. The minimum absolute atomic E-state index is 0.0618. The zero-order valence-corrected chi connectivity index (χ0v) is 18.5. The lowest BCUT2D eigenvalue weighted by molar-refractivity contribution is -0.174. The van der Waals surface area contributed by atoms with Gasteiger partial charge in [-0.25, -0.2) is 9.97 Å².